The predicted molar refractivity (Wildman–Crippen MR) is 109 cm³/mol. The monoisotopic (exact) mass is 411 g/mol. The van der Waals surface area contributed by atoms with Gasteiger partial charge < -0.3 is 18.9 Å². The molecule has 1 aromatic heterocycles. The summed E-state index contributed by atoms with van der Waals surface area (Å²) in [5.41, 5.74) is 0.705. The molecule has 3 aromatic rings. The van der Waals surface area contributed by atoms with Crippen LogP contribution in [0.2, 0.25) is 0 Å². The molecule has 3 rings (SSSR count). The first kappa shape index (κ1) is 20.8. The predicted octanol–water partition coefficient (Wildman–Crippen LogP) is 2.91. The zero-order valence-electron chi connectivity index (χ0n) is 16.8. The Balaban J connectivity index is 1.60. The second kappa shape index (κ2) is 8.64. The van der Waals surface area contributed by atoms with Crippen molar-refractivity contribution < 1.29 is 24.0 Å². The first-order chi connectivity index (χ1) is 14.3. The minimum atomic E-state index is -0.799. The van der Waals surface area contributed by atoms with Gasteiger partial charge in [-0.1, -0.05) is 18.2 Å². The van der Waals surface area contributed by atoms with Gasteiger partial charge in [-0.3, -0.25) is 14.9 Å². The van der Waals surface area contributed by atoms with Gasteiger partial charge in [-0.05, 0) is 34.5 Å². The smallest absolute Gasteiger partial charge is 0.355 e. The van der Waals surface area contributed by atoms with Gasteiger partial charge in [0.2, 0.25) is 0 Å². The van der Waals surface area contributed by atoms with Crippen LogP contribution in [0.25, 0.3) is 10.8 Å². The van der Waals surface area contributed by atoms with Crippen molar-refractivity contribution in [2.75, 3.05) is 20.8 Å². The summed E-state index contributed by atoms with van der Waals surface area (Å²) in [6, 6.07) is 12.7. The van der Waals surface area contributed by atoms with E-state index in [0.717, 1.165) is 28.2 Å². The average Bonchev–Trinajstić information content (AvgIpc) is 3.13. The molecule has 1 heterocycles. The summed E-state index contributed by atoms with van der Waals surface area (Å²) in [6.07, 6.45) is 1.21. The molecule has 30 heavy (non-hydrogen) atoms. The summed E-state index contributed by atoms with van der Waals surface area (Å²) < 4.78 is 11.5. The molecule has 0 aliphatic rings. The number of esters is 1. The van der Waals surface area contributed by atoms with Crippen molar-refractivity contribution in [2.45, 2.75) is 6.54 Å². The van der Waals surface area contributed by atoms with Gasteiger partial charge in [0.15, 0.2) is 6.61 Å². The summed E-state index contributed by atoms with van der Waals surface area (Å²) >= 11 is 0. The highest BCUT2D eigenvalue weighted by atomic mass is 16.6. The molecular weight excluding hydrogens is 390 g/mol. The number of benzene rings is 2. The van der Waals surface area contributed by atoms with Crippen molar-refractivity contribution in [1.29, 1.82) is 0 Å². The number of nitrogens with zero attached hydrogens (tertiary/aromatic N) is 3. The van der Waals surface area contributed by atoms with Gasteiger partial charge in [0.05, 0.1) is 18.2 Å². The van der Waals surface area contributed by atoms with Gasteiger partial charge in [0.1, 0.15) is 11.4 Å². The maximum atomic E-state index is 12.3. The molecule has 0 unspecified atom stereocenters. The Hall–Kier alpha value is -3.88. The molecule has 9 nitrogen and oxygen atoms in total. The first-order valence-electron chi connectivity index (χ1n) is 9.07. The number of methoxy groups -OCH3 is 1. The Morgan fingerprint density at radius 3 is 2.50 bits per heavy atom. The molecule has 0 bridgehead atoms. The third kappa shape index (κ3) is 4.57. The molecular formula is C21H21N3O6. The SMILES string of the molecule is COc1ccc2cc(CN(C)C(=O)COC(=O)c3cc([N+](=O)[O-])cn3C)ccc2c1. The molecule has 9 heteroatoms. The minimum absolute atomic E-state index is 0.00195. The van der Waals surface area contributed by atoms with Crippen molar-refractivity contribution in [3.8, 4) is 5.75 Å². The van der Waals surface area contributed by atoms with E-state index >= 15 is 0 Å². The van der Waals surface area contributed by atoms with Gasteiger partial charge in [0.25, 0.3) is 11.6 Å². The zero-order chi connectivity index (χ0) is 21.8. The number of carbonyl (C=O) groups excluding carboxylic acids is 2. The van der Waals surface area contributed by atoms with Crippen LogP contribution in [-0.4, -0.2) is 47.0 Å². The summed E-state index contributed by atoms with van der Waals surface area (Å²) in [5.74, 6) is -0.415. The van der Waals surface area contributed by atoms with Gasteiger partial charge in [0, 0.05) is 26.7 Å². The highest BCUT2D eigenvalue weighted by molar-refractivity contribution is 5.90. The number of aryl methyl sites for hydroxylation is 1. The average molecular weight is 411 g/mol. The summed E-state index contributed by atoms with van der Waals surface area (Å²) in [5, 5.41) is 12.8. The van der Waals surface area contributed by atoms with E-state index in [1.165, 1.54) is 22.7 Å². The lowest BCUT2D eigenvalue weighted by atomic mass is 10.1. The second-order valence-corrected chi connectivity index (χ2v) is 6.82. The van der Waals surface area contributed by atoms with E-state index in [0.29, 0.717) is 6.54 Å². The molecule has 0 N–H and O–H groups in total. The van der Waals surface area contributed by atoms with Crippen molar-refractivity contribution >= 4 is 28.3 Å². The van der Waals surface area contributed by atoms with Gasteiger partial charge in [-0.2, -0.15) is 0 Å². The fraction of sp³-hybridized carbons (Fsp3) is 0.238. The van der Waals surface area contributed by atoms with Crippen molar-refractivity contribution in [2.24, 2.45) is 7.05 Å². The Kier molecular flexibility index (Phi) is 6.01. The summed E-state index contributed by atoms with van der Waals surface area (Å²) in [7, 11) is 4.72. The van der Waals surface area contributed by atoms with E-state index in [1.54, 1.807) is 14.2 Å². The third-order valence-corrected chi connectivity index (χ3v) is 4.69. The molecule has 0 radical (unpaired) electrons. The van der Waals surface area contributed by atoms with Crippen molar-refractivity contribution in [1.82, 2.24) is 9.47 Å². The largest absolute Gasteiger partial charge is 0.497 e. The van der Waals surface area contributed by atoms with Crippen molar-refractivity contribution in [3.63, 3.8) is 0 Å². The van der Waals surface area contributed by atoms with Crippen LogP contribution in [0.5, 0.6) is 5.75 Å². The van der Waals surface area contributed by atoms with Crippen LogP contribution >= 0.6 is 0 Å². The maximum absolute atomic E-state index is 12.3. The zero-order valence-corrected chi connectivity index (χ0v) is 16.8. The van der Waals surface area contributed by atoms with Crippen molar-refractivity contribution in [3.05, 3.63) is 70.0 Å². The van der Waals surface area contributed by atoms with Gasteiger partial charge in [-0.15, -0.1) is 0 Å². The topological polar surface area (TPSA) is 104 Å². The molecule has 0 saturated heterocycles. The molecule has 156 valence electrons. The second-order valence-electron chi connectivity index (χ2n) is 6.82. The number of ether oxygens (including phenoxy) is 2. The molecule has 0 saturated carbocycles. The number of nitro groups is 1. The lowest BCUT2D eigenvalue weighted by Crippen LogP contribution is -2.31. The highest BCUT2D eigenvalue weighted by Gasteiger charge is 2.20. The van der Waals surface area contributed by atoms with Crippen LogP contribution in [0.1, 0.15) is 16.1 Å². The van der Waals surface area contributed by atoms with E-state index in [9.17, 15) is 19.7 Å². The third-order valence-electron chi connectivity index (χ3n) is 4.69. The minimum Gasteiger partial charge on any atom is -0.497 e. The fourth-order valence-electron chi connectivity index (χ4n) is 3.02. The Morgan fingerprint density at radius 1 is 1.13 bits per heavy atom. The van der Waals surface area contributed by atoms with Crippen LogP contribution in [0.15, 0.2) is 48.7 Å². The number of amides is 1. The Bertz CT molecular complexity index is 1120. The highest BCUT2D eigenvalue weighted by Crippen LogP contribution is 2.22. The Morgan fingerprint density at radius 2 is 1.83 bits per heavy atom. The number of rotatable bonds is 7. The normalized spacial score (nSPS) is 10.6. The van der Waals surface area contributed by atoms with Gasteiger partial charge in [-0.25, -0.2) is 4.79 Å². The van der Waals surface area contributed by atoms with E-state index in [-0.39, 0.29) is 17.3 Å². The lowest BCUT2D eigenvalue weighted by molar-refractivity contribution is -0.384. The molecule has 0 fully saturated rings. The number of hydrogen-bond acceptors (Lipinski definition) is 6. The van der Waals surface area contributed by atoms with E-state index < -0.39 is 17.5 Å². The number of hydrogen-bond donors (Lipinski definition) is 0. The number of fused-ring (bicyclic) bond motifs is 1. The van der Waals surface area contributed by atoms with Crippen LogP contribution in [0, 0.1) is 10.1 Å². The molecule has 0 spiro atoms. The summed E-state index contributed by atoms with van der Waals surface area (Å²) in [6.45, 7) is -0.118. The van der Waals surface area contributed by atoms with Crippen LogP contribution in [0.3, 0.4) is 0 Å². The van der Waals surface area contributed by atoms with Crippen LogP contribution < -0.4 is 4.74 Å². The number of carbonyl (C=O) groups is 2. The lowest BCUT2D eigenvalue weighted by Gasteiger charge is -2.17. The fourth-order valence-corrected chi connectivity index (χ4v) is 3.02. The van der Waals surface area contributed by atoms with E-state index in [4.69, 9.17) is 9.47 Å². The molecule has 1 amide bonds. The summed E-state index contributed by atoms with van der Waals surface area (Å²) in [4.78, 5) is 36.1. The van der Waals surface area contributed by atoms with Crippen LogP contribution in [-0.2, 0) is 23.1 Å². The molecule has 0 aliphatic heterocycles. The van der Waals surface area contributed by atoms with Gasteiger partial charge >= 0.3 is 5.97 Å². The Labute approximate surface area is 172 Å². The quantitative estimate of drug-likeness (QED) is 0.336. The molecule has 2 aromatic carbocycles. The van der Waals surface area contributed by atoms with E-state index in [2.05, 4.69) is 0 Å². The number of likely N-dealkylation sites (N-methyl/N-ethyl adjacent to an activating group) is 1. The standard InChI is InChI=1S/C21H21N3O6/c1-22-12-17(24(27)28)10-19(22)21(26)30-13-20(25)23(2)11-14-4-5-16-9-18(29-3)7-6-15(16)8-14/h4-10,12H,11,13H2,1-3H3. The van der Waals surface area contributed by atoms with Crippen LogP contribution in [0.4, 0.5) is 5.69 Å². The first-order valence-corrected chi connectivity index (χ1v) is 9.07. The maximum Gasteiger partial charge on any atom is 0.355 e. The molecule has 0 aliphatic carbocycles. The molecule has 0 atom stereocenters. The number of aromatic nitrogens is 1. The van der Waals surface area contributed by atoms with E-state index in [1.807, 2.05) is 36.4 Å².